The Morgan fingerprint density at radius 1 is 1.40 bits per heavy atom. The monoisotopic (exact) mass is 418 g/mol. The second-order valence-electron chi connectivity index (χ2n) is 6.03. The van der Waals surface area contributed by atoms with Crippen LogP contribution in [-0.4, -0.2) is 43.7 Å². The van der Waals surface area contributed by atoms with Crippen LogP contribution in [0.3, 0.4) is 0 Å². The van der Waals surface area contributed by atoms with Crippen molar-refractivity contribution in [2.45, 2.75) is 23.6 Å². The fraction of sp³-hybridized carbons (Fsp3) is 0.438. The van der Waals surface area contributed by atoms with Gasteiger partial charge in [-0.25, -0.2) is 8.42 Å². The Morgan fingerprint density at radius 3 is 2.84 bits per heavy atom. The minimum atomic E-state index is -3.50. The van der Waals surface area contributed by atoms with E-state index in [1.54, 1.807) is 29.5 Å². The number of thiophene rings is 2. The first-order chi connectivity index (χ1) is 11.9. The lowest BCUT2D eigenvalue weighted by molar-refractivity contribution is -0.135. The van der Waals surface area contributed by atoms with E-state index >= 15 is 0 Å². The Morgan fingerprint density at radius 2 is 2.20 bits per heavy atom. The number of halogens is 1. The number of rotatable bonds is 5. The third-order valence-electron chi connectivity index (χ3n) is 4.22. The van der Waals surface area contributed by atoms with Crippen molar-refractivity contribution in [3.05, 3.63) is 38.9 Å². The normalized spacial score (nSPS) is 19.0. The van der Waals surface area contributed by atoms with Gasteiger partial charge in [0.2, 0.25) is 5.91 Å². The van der Waals surface area contributed by atoms with Crippen LogP contribution in [0.5, 0.6) is 0 Å². The van der Waals surface area contributed by atoms with E-state index in [4.69, 9.17) is 11.6 Å². The van der Waals surface area contributed by atoms with E-state index in [1.165, 1.54) is 27.0 Å². The molecule has 1 atom stereocenters. The van der Waals surface area contributed by atoms with Crippen LogP contribution in [0, 0.1) is 5.92 Å². The molecule has 0 aliphatic carbocycles. The Bertz CT molecular complexity index is 833. The molecule has 1 fully saturated rings. The van der Waals surface area contributed by atoms with E-state index in [0.717, 1.165) is 4.88 Å². The van der Waals surface area contributed by atoms with Gasteiger partial charge in [-0.05, 0) is 36.4 Å². The summed E-state index contributed by atoms with van der Waals surface area (Å²) < 4.78 is 27.8. The molecule has 0 N–H and O–H groups in total. The third-order valence-corrected chi connectivity index (χ3v) is 8.67. The molecule has 3 rings (SSSR count). The quantitative estimate of drug-likeness (QED) is 0.746. The lowest BCUT2D eigenvalue weighted by Crippen LogP contribution is -2.45. The molecule has 3 heterocycles. The molecule has 5 nitrogen and oxygen atoms in total. The SMILES string of the molecule is CN(Cc1ccc(Cl)s1)C(=O)[C@H]1CCCN(S(=O)(=O)c2cccs2)C1. The maximum absolute atomic E-state index is 12.7. The van der Waals surface area contributed by atoms with Crippen LogP contribution >= 0.6 is 34.3 Å². The van der Waals surface area contributed by atoms with Crippen LogP contribution in [0.25, 0.3) is 0 Å². The largest absolute Gasteiger partial charge is 0.340 e. The molecule has 9 heteroatoms. The Balaban J connectivity index is 1.67. The molecule has 0 bridgehead atoms. The van der Waals surface area contributed by atoms with E-state index < -0.39 is 10.0 Å². The lowest BCUT2D eigenvalue weighted by atomic mass is 9.98. The van der Waals surface area contributed by atoms with E-state index in [-0.39, 0.29) is 18.4 Å². The summed E-state index contributed by atoms with van der Waals surface area (Å²) in [7, 11) is -1.75. The molecule has 0 unspecified atom stereocenters. The third kappa shape index (κ3) is 4.25. The van der Waals surface area contributed by atoms with E-state index in [1.807, 2.05) is 12.1 Å². The van der Waals surface area contributed by atoms with Crippen LogP contribution in [-0.2, 0) is 21.4 Å². The summed E-state index contributed by atoms with van der Waals surface area (Å²) >= 11 is 8.59. The van der Waals surface area contributed by atoms with Gasteiger partial charge in [0.25, 0.3) is 10.0 Å². The molecule has 136 valence electrons. The van der Waals surface area contributed by atoms with Crippen LogP contribution in [0.1, 0.15) is 17.7 Å². The van der Waals surface area contributed by atoms with E-state index in [0.29, 0.717) is 34.5 Å². The van der Waals surface area contributed by atoms with Crippen molar-refractivity contribution < 1.29 is 13.2 Å². The van der Waals surface area contributed by atoms with E-state index in [2.05, 4.69) is 0 Å². The van der Waals surface area contributed by atoms with Gasteiger partial charge in [0, 0.05) is 25.0 Å². The molecular formula is C16H19ClN2O3S3. The number of amides is 1. The maximum Gasteiger partial charge on any atom is 0.252 e. The van der Waals surface area contributed by atoms with Gasteiger partial charge in [-0.2, -0.15) is 4.31 Å². The molecule has 1 aliphatic rings. The van der Waals surface area contributed by atoms with Gasteiger partial charge < -0.3 is 4.90 Å². The molecule has 0 saturated carbocycles. The number of hydrogen-bond donors (Lipinski definition) is 0. The summed E-state index contributed by atoms with van der Waals surface area (Å²) in [5, 5.41) is 1.75. The van der Waals surface area contributed by atoms with Gasteiger partial charge in [0.1, 0.15) is 4.21 Å². The van der Waals surface area contributed by atoms with Crippen LogP contribution < -0.4 is 0 Å². The van der Waals surface area contributed by atoms with Gasteiger partial charge >= 0.3 is 0 Å². The number of sulfonamides is 1. The van der Waals surface area contributed by atoms with Gasteiger partial charge in [-0.3, -0.25) is 4.79 Å². The first-order valence-electron chi connectivity index (χ1n) is 7.91. The zero-order valence-electron chi connectivity index (χ0n) is 13.7. The topological polar surface area (TPSA) is 57.7 Å². The summed E-state index contributed by atoms with van der Waals surface area (Å²) in [4.78, 5) is 15.4. The predicted molar refractivity (Wildman–Crippen MR) is 102 cm³/mol. The number of nitrogens with zero attached hydrogens (tertiary/aromatic N) is 2. The summed E-state index contributed by atoms with van der Waals surface area (Å²) in [6.07, 6.45) is 1.41. The van der Waals surface area contributed by atoms with Crippen LogP contribution in [0.2, 0.25) is 4.34 Å². The number of carbonyl (C=O) groups is 1. The fourth-order valence-corrected chi connectivity index (χ4v) is 6.77. The van der Waals surface area contributed by atoms with Crippen molar-refractivity contribution in [3.8, 4) is 0 Å². The predicted octanol–water partition coefficient (Wildman–Crippen LogP) is 3.52. The fourth-order valence-electron chi connectivity index (χ4n) is 2.96. The standard InChI is InChI=1S/C16H19ClN2O3S3/c1-18(11-13-6-7-14(17)24-13)16(20)12-4-2-8-19(10-12)25(21,22)15-5-3-9-23-15/h3,5-7,9,12H,2,4,8,10-11H2,1H3/t12-/m0/s1. The van der Waals surface area contributed by atoms with Crippen molar-refractivity contribution in [1.82, 2.24) is 9.21 Å². The highest BCUT2D eigenvalue weighted by molar-refractivity contribution is 7.91. The van der Waals surface area contributed by atoms with Gasteiger partial charge in [0.05, 0.1) is 16.8 Å². The second kappa shape index (κ2) is 7.75. The molecular weight excluding hydrogens is 400 g/mol. The molecule has 2 aromatic rings. The Kier molecular flexibility index (Phi) is 5.85. The summed E-state index contributed by atoms with van der Waals surface area (Å²) in [5.41, 5.74) is 0. The molecule has 1 saturated heterocycles. The molecule has 1 aliphatic heterocycles. The summed E-state index contributed by atoms with van der Waals surface area (Å²) in [5.74, 6) is -0.320. The highest BCUT2D eigenvalue weighted by Crippen LogP contribution is 2.28. The van der Waals surface area contributed by atoms with Crippen molar-refractivity contribution in [2.75, 3.05) is 20.1 Å². The Hall–Kier alpha value is -0.930. The highest BCUT2D eigenvalue weighted by Gasteiger charge is 2.34. The van der Waals surface area contributed by atoms with Gasteiger partial charge in [0.15, 0.2) is 0 Å². The molecule has 0 spiro atoms. The second-order valence-corrected chi connectivity index (χ2v) is 10.9. The van der Waals surface area contributed by atoms with Crippen molar-refractivity contribution >= 4 is 50.2 Å². The molecule has 1 amide bonds. The lowest BCUT2D eigenvalue weighted by Gasteiger charge is -2.32. The zero-order valence-corrected chi connectivity index (χ0v) is 16.9. The number of piperidine rings is 1. The minimum absolute atomic E-state index is 0.0180. The first kappa shape index (κ1) is 18.8. The molecule has 0 aromatic carbocycles. The minimum Gasteiger partial charge on any atom is -0.340 e. The Labute approximate surface area is 160 Å². The highest BCUT2D eigenvalue weighted by atomic mass is 35.5. The van der Waals surface area contributed by atoms with Crippen molar-refractivity contribution in [2.24, 2.45) is 5.92 Å². The average Bonchev–Trinajstić information content (AvgIpc) is 3.26. The summed E-state index contributed by atoms with van der Waals surface area (Å²) in [6.45, 7) is 1.20. The van der Waals surface area contributed by atoms with Crippen LogP contribution in [0.4, 0.5) is 0 Å². The zero-order chi connectivity index (χ0) is 18.0. The average molecular weight is 419 g/mol. The number of hydrogen-bond acceptors (Lipinski definition) is 5. The molecule has 0 radical (unpaired) electrons. The van der Waals surface area contributed by atoms with Crippen molar-refractivity contribution in [1.29, 1.82) is 0 Å². The first-order valence-corrected chi connectivity index (χ1v) is 11.4. The summed E-state index contributed by atoms with van der Waals surface area (Å²) in [6, 6.07) is 7.06. The van der Waals surface area contributed by atoms with E-state index in [9.17, 15) is 13.2 Å². The van der Waals surface area contributed by atoms with Crippen molar-refractivity contribution in [3.63, 3.8) is 0 Å². The molecule has 25 heavy (non-hydrogen) atoms. The smallest absolute Gasteiger partial charge is 0.252 e. The number of carbonyl (C=O) groups excluding carboxylic acids is 1. The maximum atomic E-state index is 12.7. The van der Waals surface area contributed by atoms with Crippen LogP contribution in [0.15, 0.2) is 33.9 Å². The molecule has 2 aromatic heterocycles. The van der Waals surface area contributed by atoms with Gasteiger partial charge in [-0.15, -0.1) is 22.7 Å². The van der Waals surface area contributed by atoms with Gasteiger partial charge in [-0.1, -0.05) is 17.7 Å².